The molecule has 0 aliphatic heterocycles. The molecule has 1 aliphatic carbocycles. The number of hydrogen-bond donors (Lipinski definition) is 2. The maximum absolute atomic E-state index is 10.9. The molecule has 0 amide bonds. The number of aromatic nitrogens is 2. The van der Waals surface area contributed by atoms with E-state index in [1.165, 1.54) is 5.57 Å². The number of carboxylic acids is 1. The number of rotatable bonds is 6. The summed E-state index contributed by atoms with van der Waals surface area (Å²) in [4.78, 5) is 10.9. The molecular weight excluding hydrogens is 455 g/mol. The van der Waals surface area contributed by atoms with Crippen LogP contribution in [0.2, 0.25) is 10.0 Å². The van der Waals surface area contributed by atoms with Gasteiger partial charge in [0, 0.05) is 21.5 Å². The summed E-state index contributed by atoms with van der Waals surface area (Å²) in [7, 11) is 0. The van der Waals surface area contributed by atoms with Crippen LogP contribution in [0.25, 0.3) is 28.1 Å². The van der Waals surface area contributed by atoms with Gasteiger partial charge in [-0.25, -0.2) is 4.79 Å². The molecule has 3 aromatic carbocycles. The van der Waals surface area contributed by atoms with Gasteiger partial charge in [0.25, 0.3) is 0 Å². The molecule has 6 heteroatoms. The number of nitrogens with one attached hydrogen (secondary N) is 1. The van der Waals surface area contributed by atoms with Crippen LogP contribution in [0.3, 0.4) is 0 Å². The third-order valence-corrected chi connectivity index (χ3v) is 6.37. The lowest BCUT2D eigenvalue weighted by atomic mass is 9.86. The number of aromatic amines is 1. The lowest BCUT2D eigenvalue weighted by Crippen LogP contribution is -1.98. The Hall–Kier alpha value is -3.34. The molecule has 0 bridgehead atoms. The Morgan fingerprint density at radius 2 is 1.76 bits per heavy atom. The Labute approximate surface area is 201 Å². The Kier molecular flexibility index (Phi) is 5.79. The Balaban J connectivity index is 1.73. The third-order valence-electron chi connectivity index (χ3n) is 5.82. The second-order valence-electron chi connectivity index (χ2n) is 8.15. The van der Waals surface area contributed by atoms with Crippen LogP contribution in [-0.4, -0.2) is 21.3 Å². The normalized spacial score (nSPS) is 14.6. The lowest BCUT2D eigenvalue weighted by molar-refractivity contribution is -0.131. The van der Waals surface area contributed by atoms with Gasteiger partial charge < -0.3 is 5.11 Å². The molecule has 164 valence electrons. The van der Waals surface area contributed by atoms with Gasteiger partial charge in [-0.2, -0.15) is 5.10 Å². The van der Waals surface area contributed by atoms with Gasteiger partial charge in [-0.1, -0.05) is 59.6 Å². The van der Waals surface area contributed by atoms with Crippen molar-refractivity contribution in [1.29, 1.82) is 0 Å². The molecule has 5 rings (SSSR count). The second kappa shape index (κ2) is 8.89. The first kappa shape index (κ1) is 21.5. The van der Waals surface area contributed by atoms with E-state index in [-0.39, 0.29) is 0 Å². The molecule has 1 saturated carbocycles. The zero-order chi connectivity index (χ0) is 22.9. The summed E-state index contributed by atoms with van der Waals surface area (Å²) in [5.74, 6) is -0.563. The first-order valence-corrected chi connectivity index (χ1v) is 11.4. The lowest BCUT2D eigenvalue weighted by Gasteiger charge is -2.19. The van der Waals surface area contributed by atoms with Gasteiger partial charge in [0.1, 0.15) is 0 Å². The van der Waals surface area contributed by atoms with Crippen LogP contribution >= 0.6 is 23.2 Å². The molecule has 33 heavy (non-hydrogen) atoms. The van der Waals surface area contributed by atoms with E-state index in [9.17, 15) is 4.79 Å². The molecule has 1 fully saturated rings. The van der Waals surface area contributed by atoms with E-state index < -0.39 is 5.97 Å². The molecule has 4 nitrogen and oxygen atoms in total. The fraction of sp³-hybridized carbons (Fsp3) is 0.111. The highest BCUT2D eigenvalue weighted by Gasteiger charge is 2.31. The van der Waals surface area contributed by atoms with Crippen molar-refractivity contribution in [1.82, 2.24) is 10.2 Å². The number of carboxylic acid groups (broad SMARTS) is 1. The zero-order valence-corrected chi connectivity index (χ0v) is 19.1. The van der Waals surface area contributed by atoms with E-state index in [0.29, 0.717) is 16.0 Å². The molecule has 2 N–H and O–H groups in total. The average Bonchev–Trinajstić information content (AvgIpc) is 3.53. The average molecular weight is 475 g/mol. The van der Waals surface area contributed by atoms with Gasteiger partial charge in [0.2, 0.25) is 0 Å². The number of nitrogens with zero attached hydrogens (tertiary/aromatic N) is 1. The molecular formula is C27H20Cl2N2O2. The largest absolute Gasteiger partial charge is 0.478 e. The summed E-state index contributed by atoms with van der Waals surface area (Å²) in [6.07, 6.45) is 6.76. The van der Waals surface area contributed by atoms with E-state index in [1.807, 2.05) is 48.7 Å². The Bertz CT molecular complexity index is 1410. The number of aliphatic carboxylic acids is 1. The van der Waals surface area contributed by atoms with Crippen LogP contribution in [0.1, 0.15) is 35.1 Å². The second-order valence-corrected chi connectivity index (χ2v) is 9.00. The van der Waals surface area contributed by atoms with Gasteiger partial charge >= 0.3 is 5.97 Å². The monoisotopic (exact) mass is 474 g/mol. The highest BCUT2D eigenvalue weighted by Crippen LogP contribution is 2.49. The summed E-state index contributed by atoms with van der Waals surface area (Å²) < 4.78 is 0. The van der Waals surface area contributed by atoms with Gasteiger partial charge in [0.15, 0.2) is 0 Å². The van der Waals surface area contributed by atoms with Crippen molar-refractivity contribution < 1.29 is 9.90 Å². The molecule has 1 aromatic heterocycles. The summed E-state index contributed by atoms with van der Waals surface area (Å²) >= 11 is 12.9. The van der Waals surface area contributed by atoms with Crippen molar-refractivity contribution in [2.24, 2.45) is 5.92 Å². The molecule has 0 radical (unpaired) electrons. The molecule has 0 atom stereocenters. The Morgan fingerprint density at radius 3 is 2.45 bits per heavy atom. The van der Waals surface area contributed by atoms with Crippen LogP contribution in [0.4, 0.5) is 0 Å². The topological polar surface area (TPSA) is 66.0 Å². The van der Waals surface area contributed by atoms with Crippen molar-refractivity contribution in [2.45, 2.75) is 12.8 Å². The number of benzene rings is 3. The summed E-state index contributed by atoms with van der Waals surface area (Å²) in [6.45, 7) is 0. The van der Waals surface area contributed by atoms with E-state index >= 15 is 0 Å². The van der Waals surface area contributed by atoms with Crippen LogP contribution in [0, 0.1) is 5.92 Å². The third kappa shape index (κ3) is 4.58. The predicted octanol–water partition coefficient (Wildman–Crippen LogP) is 7.34. The highest BCUT2D eigenvalue weighted by atomic mass is 35.5. The molecule has 0 saturated heterocycles. The van der Waals surface area contributed by atoms with Crippen molar-refractivity contribution in [3.63, 3.8) is 0 Å². The number of H-pyrrole nitrogens is 1. The van der Waals surface area contributed by atoms with Gasteiger partial charge in [-0.3, -0.25) is 5.10 Å². The van der Waals surface area contributed by atoms with Gasteiger partial charge in [0.05, 0.1) is 11.7 Å². The van der Waals surface area contributed by atoms with Crippen LogP contribution < -0.4 is 0 Å². The fourth-order valence-electron chi connectivity index (χ4n) is 4.14. The highest BCUT2D eigenvalue weighted by molar-refractivity contribution is 6.36. The van der Waals surface area contributed by atoms with E-state index in [4.69, 9.17) is 28.3 Å². The first-order chi connectivity index (χ1) is 16.0. The van der Waals surface area contributed by atoms with Gasteiger partial charge in [-0.05, 0) is 82.5 Å². The van der Waals surface area contributed by atoms with Gasteiger partial charge in [-0.15, -0.1) is 0 Å². The van der Waals surface area contributed by atoms with Crippen LogP contribution in [-0.2, 0) is 4.79 Å². The summed E-state index contributed by atoms with van der Waals surface area (Å²) in [5, 5.41) is 18.4. The SMILES string of the molecule is O=C(O)/C=C/c1ccc(/C(=C(\c2ccc(Cl)cc2Cl)C2CC2)c2ccc3[nH]ncc3c2)cc1. The molecule has 0 spiro atoms. The maximum atomic E-state index is 10.9. The molecule has 4 aromatic rings. The van der Waals surface area contributed by atoms with Crippen molar-refractivity contribution in [2.75, 3.05) is 0 Å². The minimum atomic E-state index is -0.971. The minimum absolute atomic E-state index is 0.408. The predicted molar refractivity (Wildman–Crippen MR) is 134 cm³/mol. The summed E-state index contributed by atoms with van der Waals surface area (Å²) in [6, 6.07) is 19.9. The number of hydrogen-bond acceptors (Lipinski definition) is 2. The number of carbonyl (C=O) groups is 1. The fourth-order valence-corrected chi connectivity index (χ4v) is 4.65. The number of allylic oxidation sites excluding steroid dienone is 1. The van der Waals surface area contributed by atoms with Crippen LogP contribution in [0.15, 0.2) is 72.9 Å². The van der Waals surface area contributed by atoms with Crippen molar-refractivity contribution in [3.05, 3.63) is 105 Å². The molecule has 1 heterocycles. The van der Waals surface area contributed by atoms with Crippen LogP contribution in [0.5, 0.6) is 0 Å². The van der Waals surface area contributed by atoms with E-state index in [1.54, 1.807) is 12.1 Å². The number of fused-ring (bicyclic) bond motifs is 1. The standard InChI is InChI=1S/C27H20Cl2N2O2/c28-21-9-10-22(23(29)14-21)27(18-6-7-18)26(19-8-11-24-20(13-19)15-30-31-24)17-4-1-16(2-5-17)3-12-25(32)33/h1-5,8-15,18H,6-7H2,(H,30,31)(H,32,33)/b12-3+,27-26+. The van der Waals surface area contributed by atoms with Crippen molar-refractivity contribution >= 4 is 57.3 Å². The number of halogens is 2. The smallest absolute Gasteiger partial charge is 0.328 e. The summed E-state index contributed by atoms with van der Waals surface area (Å²) in [5.41, 5.74) is 7.21. The zero-order valence-electron chi connectivity index (χ0n) is 17.6. The first-order valence-electron chi connectivity index (χ1n) is 10.6. The van der Waals surface area contributed by atoms with E-state index in [0.717, 1.165) is 57.6 Å². The van der Waals surface area contributed by atoms with Crippen molar-refractivity contribution in [3.8, 4) is 0 Å². The maximum Gasteiger partial charge on any atom is 0.328 e. The molecule has 0 unspecified atom stereocenters. The molecule has 1 aliphatic rings. The quantitative estimate of drug-likeness (QED) is 0.227. The minimum Gasteiger partial charge on any atom is -0.478 e. The Morgan fingerprint density at radius 1 is 1.00 bits per heavy atom. The van der Waals surface area contributed by atoms with E-state index in [2.05, 4.69) is 22.3 Å².